The summed E-state index contributed by atoms with van der Waals surface area (Å²) in [6, 6.07) is 10.5. The first kappa shape index (κ1) is 29.1. The number of hydrogen-bond donors (Lipinski definition) is 0. The maximum Gasteiger partial charge on any atom is 0.428 e. The van der Waals surface area contributed by atoms with Crippen LogP contribution in [0.3, 0.4) is 0 Å². The lowest BCUT2D eigenvalue weighted by Crippen LogP contribution is -2.38. The zero-order valence-electron chi connectivity index (χ0n) is 24.1. The molecule has 1 aromatic carbocycles. The zero-order chi connectivity index (χ0) is 29.9. The number of ether oxygens (including phenoxy) is 2. The van der Waals surface area contributed by atoms with Crippen LogP contribution in [0.15, 0.2) is 66.1 Å². The Morgan fingerprint density at radius 3 is 2.69 bits per heavy atom. The van der Waals surface area contributed by atoms with Gasteiger partial charge in [0.15, 0.2) is 5.82 Å². The Labute approximate surface area is 246 Å². The summed E-state index contributed by atoms with van der Waals surface area (Å²) in [5, 5.41) is 0. The predicted octanol–water partition coefficient (Wildman–Crippen LogP) is 4.97. The smallest absolute Gasteiger partial charge is 0.428 e. The first-order valence-electron chi connectivity index (χ1n) is 13.9. The van der Waals surface area contributed by atoms with Gasteiger partial charge in [0.1, 0.15) is 17.4 Å². The van der Waals surface area contributed by atoms with E-state index in [0.717, 1.165) is 39.8 Å². The van der Waals surface area contributed by atoms with Gasteiger partial charge in [-0.05, 0) is 69.2 Å². The normalized spacial score (nSPS) is 13.9. The van der Waals surface area contributed by atoms with Gasteiger partial charge in [-0.1, -0.05) is 6.07 Å². The molecule has 0 fully saturated rings. The van der Waals surface area contributed by atoms with Gasteiger partial charge in [0.05, 0.1) is 42.4 Å². The van der Waals surface area contributed by atoms with E-state index in [1.807, 2.05) is 30.7 Å². The Hall–Kier alpha value is -4.45. The number of hydrogen-bond acceptors (Lipinski definition) is 10. The molecule has 0 radical (unpaired) electrons. The first-order chi connectivity index (χ1) is 20.3. The third-order valence-corrected chi connectivity index (χ3v) is 8.60. The Bertz CT molecular complexity index is 1660. The van der Waals surface area contributed by atoms with Crippen molar-refractivity contribution in [2.75, 3.05) is 46.2 Å². The number of sulfonamides is 1. The number of aryl methyl sites for hydroxylation is 1. The lowest BCUT2D eigenvalue weighted by atomic mass is 10.1. The fraction of sp³-hybridized carbons (Fsp3) is 0.333. The van der Waals surface area contributed by atoms with E-state index in [-0.39, 0.29) is 18.0 Å². The molecule has 2 aliphatic heterocycles. The summed E-state index contributed by atoms with van der Waals surface area (Å²) in [7, 11) is -3.90. The second kappa shape index (κ2) is 12.2. The van der Waals surface area contributed by atoms with Gasteiger partial charge < -0.3 is 14.4 Å². The van der Waals surface area contributed by atoms with Crippen molar-refractivity contribution < 1.29 is 22.7 Å². The molecule has 2 aliphatic rings. The molecule has 5 rings (SSSR count). The number of amides is 1. The molecule has 0 bridgehead atoms. The van der Waals surface area contributed by atoms with Crippen LogP contribution in [0.1, 0.15) is 37.5 Å². The Morgan fingerprint density at radius 2 is 1.93 bits per heavy atom. The standard InChI is InChI=1S/C30H34N6O5S/c1-5-34-28-25(27-31-14-9-16-35(27)26-21(4)12-15-32-29(26)34)18-22(20-33-28)13-17-41-24-11-8-10-23(19-24)36(30(37)40-6-2)42(38,39)7-3/h8-12,15-16,18-20H,5-7,13-14,17H2,1-4H3. The molecule has 42 heavy (non-hydrogen) atoms. The van der Waals surface area contributed by atoms with Crippen molar-refractivity contribution in [2.45, 2.75) is 34.1 Å². The maximum atomic E-state index is 12.7. The van der Waals surface area contributed by atoms with Crippen molar-refractivity contribution in [1.82, 2.24) is 9.97 Å². The van der Waals surface area contributed by atoms with Crippen molar-refractivity contribution in [1.29, 1.82) is 0 Å². The van der Waals surface area contributed by atoms with E-state index < -0.39 is 16.1 Å². The van der Waals surface area contributed by atoms with Crippen LogP contribution < -0.4 is 18.8 Å². The third-order valence-electron chi connectivity index (χ3n) is 6.96. The van der Waals surface area contributed by atoms with Crippen LogP contribution in [0, 0.1) is 6.92 Å². The van der Waals surface area contributed by atoms with Gasteiger partial charge in [0.2, 0.25) is 10.0 Å². The molecule has 0 N–H and O–H groups in total. The van der Waals surface area contributed by atoms with E-state index in [9.17, 15) is 13.2 Å². The van der Waals surface area contributed by atoms with Crippen LogP contribution in [0.2, 0.25) is 0 Å². The fourth-order valence-electron chi connectivity index (χ4n) is 4.96. The number of aliphatic imine (C=N–C) groups is 1. The molecule has 12 heteroatoms. The van der Waals surface area contributed by atoms with Crippen molar-refractivity contribution in [3.05, 3.63) is 77.8 Å². The summed E-state index contributed by atoms with van der Waals surface area (Å²) >= 11 is 0. The summed E-state index contributed by atoms with van der Waals surface area (Å²) in [6.07, 6.45) is 7.31. The molecule has 2 aromatic heterocycles. The highest BCUT2D eigenvalue weighted by atomic mass is 32.2. The molecule has 0 spiro atoms. The second-order valence-corrected chi connectivity index (χ2v) is 11.7. The zero-order valence-corrected chi connectivity index (χ0v) is 25.0. The summed E-state index contributed by atoms with van der Waals surface area (Å²) < 4.78 is 37.0. The van der Waals surface area contributed by atoms with Crippen molar-refractivity contribution in [3.8, 4) is 5.75 Å². The Kier molecular flexibility index (Phi) is 8.44. The maximum absolute atomic E-state index is 12.7. The largest absolute Gasteiger partial charge is 0.493 e. The Balaban J connectivity index is 1.39. The quantitative estimate of drug-likeness (QED) is 0.340. The van der Waals surface area contributed by atoms with Gasteiger partial charge >= 0.3 is 6.09 Å². The average Bonchev–Trinajstić information content (AvgIpc) is 3.10. The topological polar surface area (TPSA) is 118 Å². The number of aromatic nitrogens is 2. The van der Waals surface area contributed by atoms with E-state index in [1.54, 1.807) is 19.1 Å². The highest BCUT2D eigenvalue weighted by Crippen LogP contribution is 2.41. The van der Waals surface area contributed by atoms with E-state index in [4.69, 9.17) is 24.4 Å². The average molecular weight is 591 g/mol. The minimum atomic E-state index is -3.90. The van der Waals surface area contributed by atoms with Crippen LogP contribution in [0.4, 0.5) is 27.8 Å². The number of fused-ring (bicyclic) bond motifs is 5. The number of pyridine rings is 2. The van der Waals surface area contributed by atoms with Crippen molar-refractivity contribution in [3.63, 3.8) is 0 Å². The highest BCUT2D eigenvalue weighted by Gasteiger charge is 2.32. The number of benzene rings is 1. The number of rotatable bonds is 9. The number of amidine groups is 1. The number of anilines is 4. The molecule has 0 aliphatic carbocycles. The highest BCUT2D eigenvalue weighted by molar-refractivity contribution is 7.93. The lowest BCUT2D eigenvalue weighted by molar-refractivity contribution is 0.164. The fourth-order valence-corrected chi connectivity index (χ4v) is 5.93. The van der Waals surface area contributed by atoms with Crippen LogP contribution in [-0.2, 0) is 21.2 Å². The van der Waals surface area contributed by atoms with Crippen LogP contribution in [0.5, 0.6) is 5.75 Å². The van der Waals surface area contributed by atoms with Crippen LogP contribution in [0.25, 0.3) is 0 Å². The SMILES string of the molecule is CCOC(=O)N(c1cccc(OCCc2cnc3c(c2)C2=NCC=CN2c2c(C)ccnc2N3CC)c1)S(=O)(=O)CC. The monoisotopic (exact) mass is 590 g/mol. The van der Waals surface area contributed by atoms with E-state index in [1.165, 1.54) is 19.1 Å². The molecule has 3 aromatic rings. The summed E-state index contributed by atoms with van der Waals surface area (Å²) in [4.78, 5) is 31.1. The van der Waals surface area contributed by atoms with Gasteiger partial charge in [-0.3, -0.25) is 9.89 Å². The molecule has 0 saturated heterocycles. The Morgan fingerprint density at radius 1 is 1.10 bits per heavy atom. The first-order valence-corrected chi connectivity index (χ1v) is 15.5. The molecule has 4 heterocycles. The minimum Gasteiger partial charge on any atom is -0.493 e. The van der Waals surface area contributed by atoms with E-state index in [0.29, 0.717) is 36.2 Å². The number of carbonyl (C=O) groups is 1. The van der Waals surface area contributed by atoms with Gasteiger partial charge in [-0.2, -0.15) is 4.31 Å². The van der Waals surface area contributed by atoms with Crippen LogP contribution >= 0.6 is 0 Å². The van der Waals surface area contributed by atoms with Crippen LogP contribution in [-0.4, -0.2) is 62.4 Å². The summed E-state index contributed by atoms with van der Waals surface area (Å²) in [6.45, 7) is 8.86. The van der Waals surface area contributed by atoms with Gasteiger partial charge in [-0.25, -0.2) is 23.2 Å². The molecule has 11 nitrogen and oxygen atoms in total. The van der Waals surface area contributed by atoms with E-state index in [2.05, 4.69) is 29.7 Å². The van der Waals surface area contributed by atoms with Crippen molar-refractivity contribution in [2.24, 2.45) is 4.99 Å². The van der Waals surface area contributed by atoms with E-state index >= 15 is 0 Å². The number of carbonyl (C=O) groups excluding carboxylic acids is 1. The predicted molar refractivity (Wildman–Crippen MR) is 164 cm³/mol. The van der Waals surface area contributed by atoms with Gasteiger partial charge in [-0.15, -0.1) is 0 Å². The van der Waals surface area contributed by atoms with Gasteiger partial charge in [0.25, 0.3) is 0 Å². The lowest BCUT2D eigenvalue weighted by Gasteiger charge is -2.26. The molecule has 1 amide bonds. The molecule has 220 valence electrons. The second-order valence-electron chi connectivity index (χ2n) is 9.64. The summed E-state index contributed by atoms with van der Waals surface area (Å²) in [5.74, 6) is 2.62. The minimum absolute atomic E-state index is 0.0538. The molecular weight excluding hydrogens is 556 g/mol. The summed E-state index contributed by atoms with van der Waals surface area (Å²) in [5.41, 5.74) is 4.10. The molecular formula is C30H34N6O5S. The third kappa shape index (κ3) is 5.54. The number of nitrogens with zero attached hydrogens (tertiary/aromatic N) is 6. The molecule has 0 unspecified atom stereocenters. The van der Waals surface area contributed by atoms with Gasteiger partial charge in [0, 0.05) is 37.6 Å². The van der Waals surface area contributed by atoms with Crippen molar-refractivity contribution >= 4 is 45.0 Å². The molecule has 0 atom stereocenters. The molecule has 0 saturated carbocycles.